The van der Waals surface area contributed by atoms with Crippen LogP contribution in [0.25, 0.3) is 5.03 Å². The van der Waals surface area contributed by atoms with Crippen molar-refractivity contribution in [2.24, 2.45) is 0 Å². The Bertz CT molecular complexity index is 566. The fraction of sp³-hybridized carbons (Fsp3) is 0.182. The standard InChI is InChI=1S/C11H5Cl7O2/c12-3(1-2-4(19)20)6(13)5-7(14)9(16)11(18)10(17)8(5)15/h1-2H2,(H,19,20)/b6-3+. The Morgan fingerprint density at radius 1 is 0.800 bits per heavy atom. The second kappa shape index (κ2) is 7.64. The Balaban J connectivity index is 3.39. The number of halogens is 7. The summed E-state index contributed by atoms with van der Waals surface area (Å²) in [5.41, 5.74) is 0.116. The van der Waals surface area contributed by atoms with E-state index >= 15 is 0 Å². The van der Waals surface area contributed by atoms with Crippen molar-refractivity contribution in [3.05, 3.63) is 35.7 Å². The predicted octanol–water partition coefficient (Wildman–Crippen LogP) is 6.96. The van der Waals surface area contributed by atoms with E-state index in [1.54, 1.807) is 0 Å². The number of carboxylic acids is 1. The largest absolute Gasteiger partial charge is 0.481 e. The Labute approximate surface area is 150 Å². The van der Waals surface area contributed by atoms with Gasteiger partial charge < -0.3 is 5.11 Å². The summed E-state index contributed by atoms with van der Waals surface area (Å²) < 4.78 is 0. The first-order chi connectivity index (χ1) is 9.18. The lowest BCUT2D eigenvalue weighted by atomic mass is 10.1. The molecule has 1 aromatic carbocycles. The summed E-state index contributed by atoms with van der Waals surface area (Å²) in [6.07, 6.45) is -0.181. The van der Waals surface area contributed by atoms with Crippen molar-refractivity contribution in [1.82, 2.24) is 0 Å². The van der Waals surface area contributed by atoms with Crippen LogP contribution in [0.2, 0.25) is 25.1 Å². The highest BCUT2D eigenvalue weighted by atomic mass is 35.5. The van der Waals surface area contributed by atoms with E-state index in [4.69, 9.17) is 86.3 Å². The molecule has 0 fully saturated rings. The van der Waals surface area contributed by atoms with E-state index in [2.05, 4.69) is 0 Å². The van der Waals surface area contributed by atoms with Gasteiger partial charge in [0.25, 0.3) is 0 Å². The average Bonchev–Trinajstić information content (AvgIpc) is 2.40. The Morgan fingerprint density at radius 2 is 1.20 bits per heavy atom. The molecule has 0 amide bonds. The smallest absolute Gasteiger partial charge is 0.303 e. The van der Waals surface area contributed by atoms with Gasteiger partial charge in [0, 0.05) is 10.6 Å². The van der Waals surface area contributed by atoms with E-state index in [-0.39, 0.29) is 53.6 Å². The van der Waals surface area contributed by atoms with E-state index in [0.717, 1.165) is 0 Å². The maximum atomic E-state index is 10.5. The average molecular weight is 417 g/mol. The fourth-order valence-electron chi connectivity index (χ4n) is 1.26. The Morgan fingerprint density at radius 3 is 1.60 bits per heavy atom. The van der Waals surface area contributed by atoms with Crippen molar-refractivity contribution >= 4 is 92.2 Å². The molecule has 0 atom stereocenters. The Kier molecular flexibility index (Phi) is 7.07. The molecule has 9 heteroatoms. The molecule has 1 N–H and O–H groups in total. The lowest BCUT2D eigenvalue weighted by Gasteiger charge is -2.13. The zero-order valence-electron chi connectivity index (χ0n) is 9.42. The molecule has 0 aliphatic heterocycles. The summed E-state index contributed by atoms with van der Waals surface area (Å²) in [7, 11) is 0. The molecule has 0 saturated heterocycles. The number of rotatable bonds is 4. The fourth-order valence-corrected chi connectivity index (χ4v) is 3.16. The summed E-state index contributed by atoms with van der Waals surface area (Å²) in [6.45, 7) is 0. The van der Waals surface area contributed by atoms with Gasteiger partial charge in [-0.15, -0.1) is 0 Å². The van der Waals surface area contributed by atoms with Crippen LogP contribution in [0, 0.1) is 0 Å². The molecular weight excluding hydrogens is 412 g/mol. The van der Waals surface area contributed by atoms with Gasteiger partial charge in [-0.25, -0.2) is 0 Å². The lowest BCUT2D eigenvalue weighted by molar-refractivity contribution is -0.136. The van der Waals surface area contributed by atoms with Crippen LogP contribution >= 0.6 is 81.2 Å². The number of carboxylic acid groups (broad SMARTS) is 1. The van der Waals surface area contributed by atoms with Crippen LogP contribution in [-0.4, -0.2) is 11.1 Å². The monoisotopic (exact) mass is 414 g/mol. The van der Waals surface area contributed by atoms with Gasteiger partial charge in [0.05, 0.1) is 36.6 Å². The molecular formula is C11H5Cl7O2. The van der Waals surface area contributed by atoms with Crippen LogP contribution < -0.4 is 0 Å². The van der Waals surface area contributed by atoms with Gasteiger partial charge in [-0.2, -0.15) is 0 Å². The number of hydrogen-bond acceptors (Lipinski definition) is 1. The molecule has 20 heavy (non-hydrogen) atoms. The van der Waals surface area contributed by atoms with E-state index in [0.29, 0.717) is 0 Å². The third-order valence-corrected chi connectivity index (χ3v) is 5.39. The van der Waals surface area contributed by atoms with Crippen molar-refractivity contribution < 1.29 is 9.90 Å². The molecule has 0 aliphatic rings. The van der Waals surface area contributed by atoms with Crippen LogP contribution in [0.3, 0.4) is 0 Å². The highest BCUT2D eigenvalue weighted by Gasteiger charge is 2.22. The lowest BCUT2D eigenvalue weighted by Crippen LogP contribution is -1.95. The van der Waals surface area contributed by atoms with Gasteiger partial charge in [0.15, 0.2) is 0 Å². The van der Waals surface area contributed by atoms with Gasteiger partial charge >= 0.3 is 5.97 Å². The third-order valence-electron chi connectivity index (χ3n) is 2.23. The summed E-state index contributed by atoms with van der Waals surface area (Å²) in [5, 5.41) is 8.61. The zero-order chi connectivity index (χ0) is 15.6. The van der Waals surface area contributed by atoms with Crippen molar-refractivity contribution in [3.8, 4) is 0 Å². The molecule has 110 valence electrons. The van der Waals surface area contributed by atoms with Crippen LogP contribution in [0.5, 0.6) is 0 Å². The minimum Gasteiger partial charge on any atom is -0.481 e. The Hall–Kier alpha value is 0.460. The first-order valence-corrected chi connectivity index (χ1v) is 7.60. The molecule has 0 bridgehead atoms. The summed E-state index contributed by atoms with van der Waals surface area (Å²) >= 11 is 41.7. The summed E-state index contributed by atoms with van der Waals surface area (Å²) in [6, 6.07) is 0. The molecule has 0 spiro atoms. The van der Waals surface area contributed by atoms with Gasteiger partial charge in [0.1, 0.15) is 0 Å². The van der Waals surface area contributed by atoms with Crippen LogP contribution in [0.15, 0.2) is 5.03 Å². The summed E-state index contributed by atoms with van der Waals surface area (Å²) in [5.74, 6) is -1.02. The first-order valence-electron chi connectivity index (χ1n) is 4.96. The van der Waals surface area contributed by atoms with Crippen molar-refractivity contribution in [3.63, 3.8) is 0 Å². The van der Waals surface area contributed by atoms with Crippen LogP contribution in [0.4, 0.5) is 0 Å². The SMILES string of the molecule is O=C(O)CC/C(Cl)=C(\Cl)c1c(Cl)c(Cl)c(Cl)c(Cl)c1Cl. The number of hydrogen-bond donors (Lipinski definition) is 1. The van der Waals surface area contributed by atoms with Crippen molar-refractivity contribution in [2.45, 2.75) is 12.8 Å². The minimum absolute atomic E-state index is 0.00166. The van der Waals surface area contributed by atoms with Crippen molar-refractivity contribution in [1.29, 1.82) is 0 Å². The van der Waals surface area contributed by atoms with Gasteiger partial charge in [-0.1, -0.05) is 81.2 Å². The minimum atomic E-state index is -1.02. The van der Waals surface area contributed by atoms with E-state index in [1.807, 2.05) is 0 Å². The molecule has 2 nitrogen and oxygen atoms in total. The topological polar surface area (TPSA) is 37.3 Å². The quantitative estimate of drug-likeness (QED) is 0.425. The normalized spacial score (nSPS) is 12.3. The molecule has 1 rings (SSSR count). The zero-order valence-corrected chi connectivity index (χ0v) is 14.7. The van der Waals surface area contributed by atoms with Gasteiger partial charge in [0.2, 0.25) is 0 Å². The highest BCUT2D eigenvalue weighted by molar-refractivity contribution is 6.61. The number of allylic oxidation sites excluding steroid dienone is 1. The summed E-state index contributed by atoms with van der Waals surface area (Å²) in [4.78, 5) is 10.5. The van der Waals surface area contributed by atoms with Crippen molar-refractivity contribution in [2.75, 3.05) is 0 Å². The number of benzene rings is 1. The molecule has 0 unspecified atom stereocenters. The van der Waals surface area contributed by atoms with Crippen LogP contribution in [-0.2, 0) is 4.79 Å². The number of aliphatic carboxylic acids is 1. The molecule has 0 aliphatic carbocycles. The van der Waals surface area contributed by atoms with Crippen LogP contribution in [0.1, 0.15) is 18.4 Å². The predicted molar refractivity (Wildman–Crippen MR) is 87.0 cm³/mol. The van der Waals surface area contributed by atoms with E-state index < -0.39 is 5.97 Å². The molecule has 0 radical (unpaired) electrons. The second-order valence-electron chi connectivity index (χ2n) is 3.56. The molecule has 0 heterocycles. The second-order valence-corrected chi connectivity index (χ2v) is 6.28. The maximum Gasteiger partial charge on any atom is 0.303 e. The molecule has 1 aromatic rings. The first kappa shape index (κ1) is 18.5. The third kappa shape index (κ3) is 4.01. The van der Waals surface area contributed by atoms with E-state index in [9.17, 15) is 4.79 Å². The van der Waals surface area contributed by atoms with Gasteiger partial charge in [-0.3, -0.25) is 4.79 Å². The maximum absolute atomic E-state index is 10.5. The highest BCUT2D eigenvalue weighted by Crippen LogP contribution is 2.48. The number of carbonyl (C=O) groups is 1. The molecule has 0 aromatic heterocycles. The molecule has 0 saturated carbocycles. The van der Waals surface area contributed by atoms with E-state index in [1.165, 1.54) is 0 Å². The van der Waals surface area contributed by atoms with Gasteiger partial charge in [-0.05, 0) is 6.42 Å².